The average molecular weight is 195 g/mol. The monoisotopic (exact) mass is 195 g/mol. The van der Waals surface area contributed by atoms with Gasteiger partial charge in [-0.3, -0.25) is 4.79 Å². The number of ketones is 1. The molecule has 0 amide bonds. The Morgan fingerprint density at radius 2 is 2.43 bits per heavy atom. The molecule has 1 aromatic heterocycles. The minimum Gasteiger partial charge on any atom is -0.501 e. The van der Waals surface area contributed by atoms with Gasteiger partial charge in [-0.2, -0.15) is 0 Å². The van der Waals surface area contributed by atoms with Crippen LogP contribution in [-0.2, 0) is 4.74 Å². The molecule has 3 nitrogen and oxygen atoms in total. The van der Waals surface area contributed by atoms with Crippen molar-refractivity contribution in [3.8, 4) is 0 Å². The lowest BCUT2D eigenvalue weighted by atomic mass is 10.2. The fourth-order valence-electron chi connectivity index (χ4n) is 0.813. The van der Waals surface area contributed by atoms with E-state index in [9.17, 15) is 9.18 Å². The van der Waals surface area contributed by atoms with Crippen LogP contribution in [0.5, 0.6) is 0 Å². The maximum Gasteiger partial charge on any atom is 0.207 e. The van der Waals surface area contributed by atoms with E-state index in [1.165, 1.54) is 24.5 Å². The van der Waals surface area contributed by atoms with E-state index in [1.54, 1.807) is 0 Å². The molecule has 0 unspecified atom stereocenters. The number of pyridine rings is 1. The van der Waals surface area contributed by atoms with Gasteiger partial charge in [-0.25, -0.2) is 9.37 Å². The van der Waals surface area contributed by atoms with Gasteiger partial charge in [0.15, 0.2) is 0 Å². The highest BCUT2D eigenvalue weighted by atomic mass is 19.1. The van der Waals surface area contributed by atoms with Crippen LogP contribution in [0, 0.1) is 5.82 Å². The predicted molar refractivity (Wildman–Crippen MR) is 49.3 cm³/mol. The first-order valence-electron chi connectivity index (χ1n) is 4.18. The van der Waals surface area contributed by atoms with Gasteiger partial charge in [0.1, 0.15) is 11.5 Å². The topological polar surface area (TPSA) is 39.2 Å². The smallest absolute Gasteiger partial charge is 0.207 e. The van der Waals surface area contributed by atoms with Gasteiger partial charge in [0.25, 0.3) is 0 Å². The Morgan fingerprint density at radius 3 is 3.00 bits per heavy atom. The number of rotatable bonds is 4. The molecule has 0 spiro atoms. The fraction of sp³-hybridized carbons (Fsp3) is 0.200. The van der Waals surface area contributed by atoms with Gasteiger partial charge < -0.3 is 4.74 Å². The molecule has 0 aliphatic heterocycles. The van der Waals surface area contributed by atoms with Crippen LogP contribution in [0.25, 0.3) is 0 Å². The van der Waals surface area contributed by atoms with Crippen LogP contribution >= 0.6 is 0 Å². The van der Waals surface area contributed by atoms with E-state index < -0.39 is 5.82 Å². The normalized spacial score (nSPS) is 10.4. The molecular formula is C10H10FNO2. The summed E-state index contributed by atoms with van der Waals surface area (Å²) in [6.07, 6.45) is 3.55. The second kappa shape index (κ2) is 5.11. The van der Waals surface area contributed by atoms with Crippen LogP contribution in [0.2, 0.25) is 0 Å². The Kier molecular flexibility index (Phi) is 3.79. The summed E-state index contributed by atoms with van der Waals surface area (Å²) in [4.78, 5) is 14.9. The highest BCUT2D eigenvalue weighted by Gasteiger charge is 2.02. The minimum absolute atomic E-state index is 0.197. The number of ether oxygens (including phenoxy) is 1. The first-order valence-corrected chi connectivity index (χ1v) is 4.18. The second-order valence-electron chi connectivity index (χ2n) is 2.48. The number of hydrogen-bond acceptors (Lipinski definition) is 3. The third-order valence-electron chi connectivity index (χ3n) is 1.46. The van der Waals surface area contributed by atoms with Crippen LogP contribution in [0.15, 0.2) is 30.7 Å². The molecule has 0 aromatic carbocycles. The van der Waals surface area contributed by atoms with Crippen LogP contribution in [0.3, 0.4) is 0 Å². The number of allylic oxidation sites excluding steroid dienone is 1. The van der Waals surface area contributed by atoms with E-state index in [0.29, 0.717) is 6.61 Å². The minimum atomic E-state index is -0.463. The van der Waals surface area contributed by atoms with Crippen LogP contribution in [-0.4, -0.2) is 17.4 Å². The van der Waals surface area contributed by atoms with Crippen molar-refractivity contribution in [1.29, 1.82) is 0 Å². The molecule has 4 heteroatoms. The van der Waals surface area contributed by atoms with Crippen LogP contribution in [0.1, 0.15) is 17.4 Å². The van der Waals surface area contributed by atoms with Gasteiger partial charge >= 0.3 is 0 Å². The zero-order chi connectivity index (χ0) is 10.4. The first kappa shape index (κ1) is 10.4. The SMILES string of the molecule is CCO/C=C/C(=O)c1ccc(F)cn1. The molecule has 1 rings (SSSR count). The zero-order valence-corrected chi connectivity index (χ0v) is 7.74. The van der Waals surface area contributed by atoms with E-state index >= 15 is 0 Å². The lowest BCUT2D eigenvalue weighted by Crippen LogP contribution is -1.98. The number of hydrogen-bond donors (Lipinski definition) is 0. The number of aromatic nitrogens is 1. The summed E-state index contributed by atoms with van der Waals surface area (Å²) in [5.74, 6) is -0.770. The molecule has 0 fully saturated rings. The molecule has 0 aliphatic carbocycles. The Labute approximate surface area is 81.2 Å². The molecule has 0 saturated heterocycles. The highest BCUT2D eigenvalue weighted by Crippen LogP contribution is 2.00. The quantitative estimate of drug-likeness (QED) is 0.418. The van der Waals surface area contributed by atoms with Crippen molar-refractivity contribution in [1.82, 2.24) is 4.98 Å². The zero-order valence-electron chi connectivity index (χ0n) is 7.74. The summed E-state index contributed by atoms with van der Waals surface area (Å²) < 4.78 is 17.3. The lowest BCUT2D eigenvalue weighted by molar-refractivity contribution is 0.103. The summed E-state index contributed by atoms with van der Waals surface area (Å²) in [6.45, 7) is 2.31. The standard InChI is InChI=1S/C10H10FNO2/c1-2-14-6-5-10(13)9-4-3-8(11)7-12-9/h3-7H,2H2,1H3/b6-5+. The Hall–Kier alpha value is -1.71. The Morgan fingerprint density at radius 1 is 1.64 bits per heavy atom. The maximum atomic E-state index is 12.4. The van der Waals surface area contributed by atoms with Crippen molar-refractivity contribution in [2.75, 3.05) is 6.61 Å². The van der Waals surface area contributed by atoms with Gasteiger partial charge in [0, 0.05) is 6.08 Å². The molecule has 1 heterocycles. The van der Waals surface area contributed by atoms with Crippen molar-refractivity contribution >= 4 is 5.78 Å². The third-order valence-corrected chi connectivity index (χ3v) is 1.46. The fourth-order valence-corrected chi connectivity index (χ4v) is 0.813. The number of nitrogens with zero attached hydrogens (tertiary/aromatic N) is 1. The molecule has 0 bridgehead atoms. The van der Waals surface area contributed by atoms with Crippen molar-refractivity contribution in [2.24, 2.45) is 0 Å². The van der Waals surface area contributed by atoms with Gasteiger partial charge in [-0.15, -0.1) is 0 Å². The van der Waals surface area contributed by atoms with Gasteiger partial charge in [-0.1, -0.05) is 0 Å². The predicted octanol–water partition coefficient (Wildman–Crippen LogP) is 1.95. The highest BCUT2D eigenvalue weighted by molar-refractivity contribution is 6.02. The Balaban J connectivity index is 2.65. The summed E-state index contributed by atoms with van der Waals surface area (Å²) in [7, 11) is 0. The van der Waals surface area contributed by atoms with Crippen molar-refractivity contribution in [2.45, 2.75) is 6.92 Å². The first-order chi connectivity index (χ1) is 6.74. The molecule has 14 heavy (non-hydrogen) atoms. The summed E-state index contributed by atoms with van der Waals surface area (Å²) >= 11 is 0. The molecule has 0 atom stereocenters. The lowest BCUT2D eigenvalue weighted by Gasteiger charge is -1.94. The van der Waals surface area contributed by atoms with E-state index in [0.717, 1.165) is 6.20 Å². The van der Waals surface area contributed by atoms with Gasteiger partial charge in [-0.05, 0) is 19.1 Å². The van der Waals surface area contributed by atoms with Gasteiger partial charge in [0.05, 0.1) is 19.1 Å². The molecule has 0 N–H and O–H groups in total. The van der Waals surface area contributed by atoms with Crippen molar-refractivity contribution in [3.05, 3.63) is 42.2 Å². The largest absolute Gasteiger partial charge is 0.501 e. The van der Waals surface area contributed by atoms with E-state index in [2.05, 4.69) is 4.98 Å². The summed E-state index contributed by atoms with van der Waals surface area (Å²) in [5, 5.41) is 0. The van der Waals surface area contributed by atoms with Crippen LogP contribution < -0.4 is 0 Å². The summed E-state index contributed by atoms with van der Waals surface area (Å²) in [5.41, 5.74) is 0.197. The van der Waals surface area contributed by atoms with Gasteiger partial charge in [0.2, 0.25) is 5.78 Å². The van der Waals surface area contributed by atoms with E-state index in [1.807, 2.05) is 6.92 Å². The van der Waals surface area contributed by atoms with Crippen molar-refractivity contribution in [3.63, 3.8) is 0 Å². The third kappa shape index (κ3) is 2.97. The van der Waals surface area contributed by atoms with E-state index in [-0.39, 0.29) is 11.5 Å². The molecule has 74 valence electrons. The van der Waals surface area contributed by atoms with Crippen molar-refractivity contribution < 1.29 is 13.9 Å². The molecule has 1 aromatic rings. The Bertz CT molecular complexity index is 332. The summed E-state index contributed by atoms with van der Waals surface area (Å²) in [6, 6.07) is 2.52. The number of carbonyl (C=O) groups is 1. The number of halogens is 1. The molecular weight excluding hydrogens is 185 g/mol. The number of carbonyl (C=O) groups excluding carboxylic acids is 1. The second-order valence-corrected chi connectivity index (χ2v) is 2.48. The molecule has 0 aliphatic rings. The molecule has 0 saturated carbocycles. The molecule has 0 radical (unpaired) electrons. The van der Waals surface area contributed by atoms with Crippen LogP contribution in [0.4, 0.5) is 4.39 Å². The van der Waals surface area contributed by atoms with E-state index in [4.69, 9.17) is 4.74 Å². The maximum absolute atomic E-state index is 12.4. The average Bonchev–Trinajstić information content (AvgIpc) is 2.19.